The number of hydrogen-bond donors (Lipinski definition) is 1. The normalized spacial score (nSPS) is 11.1. The molecule has 6 heteroatoms. The zero-order valence-electron chi connectivity index (χ0n) is 18.4. The van der Waals surface area contributed by atoms with Crippen molar-refractivity contribution >= 4 is 39.8 Å². The summed E-state index contributed by atoms with van der Waals surface area (Å²) in [5.41, 5.74) is 4.62. The summed E-state index contributed by atoms with van der Waals surface area (Å²) < 4.78 is 11.6. The summed E-state index contributed by atoms with van der Waals surface area (Å²) in [5, 5.41) is 10.7. The molecule has 0 spiro atoms. The molecule has 4 rings (SSSR count). The van der Waals surface area contributed by atoms with Crippen LogP contribution in [0.1, 0.15) is 37.5 Å². The lowest BCUT2D eigenvalue weighted by Gasteiger charge is -2.12. The number of thiophene rings is 1. The van der Waals surface area contributed by atoms with Crippen LogP contribution in [-0.4, -0.2) is 17.4 Å². The number of phenolic OH excluding ortho intramolecular Hbond substituents is 1. The molecule has 5 nitrogen and oxygen atoms in total. The van der Waals surface area contributed by atoms with Crippen molar-refractivity contribution in [1.29, 1.82) is 0 Å². The summed E-state index contributed by atoms with van der Waals surface area (Å²) >= 11 is 1.30. The van der Waals surface area contributed by atoms with Crippen LogP contribution in [0.2, 0.25) is 0 Å². The van der Waals surface area contributed by atoms with Gasteiger partial charge in [-0.3, -0.25) is 9.59 Å². The molecule has 1 N–H and O–H groups in total. The Balaban J connectivity index is 1.76. The number of fused-ring (bicyclic) bond motifs is 1. The van der Waals surface area contributed by atoms with Crippen molar-refractivity contribution in [3.05, 3.63) is 93.6 Å². The van der Waals surface area contributed by atoms with E-state index in [1.54, 1.807) is 36.4 Å². The van der Waals surface area contributed by atoms with E-state index in [9.17, 15) is 14.7 Å². The molecule has 0 bridgehead atoms. The number of carbonyl (C=O) groups is 2. The maximum Gasteiger partial charge on any atom is 0.297 e. The van der Waals surface area contributed by atoms with Gasteiger partial charge in [0.25, 0.3) is 6.47 Å². The van der Waals surface area contributed by atoms with E-state index >= 15 is 0 Å². The highest BCUT2D eigenvalue weighted by Gasteiger charge is 2.24. The van der Waals surface area contributed by atoms with Crippen molar-refractivity contribution in [3.8, 4) is 17.2 Å². The van der Waals surface area contributed by atoms with Crippen molar-refractivity contribution in [2.45, 2.75) is 20.8 Å². The van der Waals surface area contributed by atoms with Gasteiger partial charge in [-0.2, -0.15) is 0 Å². The first-order valence-corrected chi connectivity index (χ1v) is 11.1. The van der Waals surface area contributed by atoms with Crippen LogP contribution in [0.3, 0.4) is 0 Å². The highest BCUT2D eigenvalue weighted by atomic mass is 32.1. The summed E-state index contributed by atoms with van der Waals surface area (Å²) in [4.78, 5) is 24.4. The minimum absolute atomic E-state index is 0.114. The first kappa shape index (κ1) is 22.3. The van der Waals surface area contributed by atoms with Gasteiger partial charge < -0.3 is 14.6 Å². The van der Waals surface area contributed by atoms with Gasteiger partial charge in [0, 0.05) is 15.6 Å². The number of ketones is 1. The number of rotatable bonds is 7. The second-order valence-corrected chi connectivity index (χ2v) is 8.71. The van der Waals surface area contributed by atoms with Gasteiger partial charge in [-0.1, -0.05) is 24.3 Å². The predicted molar refractivity (Wildman–Crippen MR) is 130 cm³/mol. The van der Waals surface area contributed by atoms with Crippen LogP contribution in [0.15, 0.2) is 60.9 Å². The molecule has 1 aromatic heterocycles. The Morgan fingerprint density at radius 1 is 0.970 bits per heavy atom. The maximum atomic E-state index is 13.6. The number of carbonyl (C=O) groups excluding carboxylic acids is 2. The van der Waals surface area contributed by atoms with Crippen molar-refractivity contribution in [2.75, 3.05) is 0 Å². The molecule has 0 aliphatic heterocycles. The lowest BCUT2D eigenvalue weighted by atomic mass is 9.95. The van der Waals surface area contributed by atoms with E-state index < -0.39 is 0 Å². The molecule has 0 unspecified atom stereocenters. The third-order valence-electron chi connectivity index (χ3n) is 5.63. The lowest BCUT2D eigenvalue weighted by molar-refractivity contribution is -0.123. The van der Waals surface area contributed by atoms with Crippen LogP contribution >= 0.6 is 11.3 Å². The number of hydrogen-bond acceptors (Lipinski definition) is 6. The van der Waals surface area contributed by atoms with E-state index in [2.05, 4.69) is 4.74 Å². The number of aromatic hydroxyl groups is 1. The van der Waals surface area contributed by atoms with Crippen molar-refractivity contribution < 1.29 is 24.2 Å². The van der Waals surface area contributed by atoms with Crippen molar-refractivity contribution in [1.82, 2.24) is 0 Å². The third-order valence-corrected chi connectivity index (χ3v) is 6.76. The fourth-order valence-electron chi connectivity index (χ4n) is 3.55. The number of benzene rings is 3. The SMILES string of the molecule is Cc1ccc(C(=O)c2sc3cc(O)ccc3c2Oc2ccc(/C=C/OC=O)cc2)c(C)c1C. The van der Waals surface area contributed by atoms with Crippen LogP contribution < -0.4 is 4.74 Å². The molecular formula is C27H22O5S. The maximum absolute atomic E-state index is 13.6. The second kappa shape index (κ2) is 9.30. The van der Waals surface area contributed by atoms with Gasteiger partial charge in [-0.05, 0) is 79.4 Å². The fourth-order valence-corrected chi connectivity index (χ4v) is 4.67. The van der Waals surface area contributed by atoms with Gasteiger partial charge in [-0.15, -0.1) is 11.3 Å². The molecule has 33 heavy (non-hydrogen) atoms. The third kappa shape index (κ3) is 4.52. The first-order valence-electron chi connectivity index (χ1n) is 10.3. The molecule has 1 heterocycles. The highest BCUT2D eigenvalue weighted by molar-refractivity contribution is 7.21. The summed E-state index contributed by atoms with van der Waals surface area (Å²) in [7, 11) is 0. The number of aryl methyl sites for hydroxylation is 1. The molecule has 4 aromatic rings. The number of phenols is 1. The molecule has 0 saturated heterocycles. The standard InChI is InChI=1S/C27H22O5S/c1-16-4-10-22(18(3)17(16)2)25(30)27-26(23-11-7-20(29)14-24(23)33-27)32-21-8-5-19(6-9-21)12-13-31-15-28/h4-15,29H,1-3H3/b13-12+. The van der Waals surface area contributed by atoms with E-state index in [4.69, 9.17) is 4.74 Å². The van der Waals surface area contributed by atoms with Gasteiger partial charge in [0.2, 0.25) is 5.78 Å². The molecule has 0 saturated carbocycles. The van der Waals surface area contributed by atoms with Gasteiger partial charge in [0.05, 0.1) is 6.26 Å². The lowest BCUT2D eigenvalue weighted by Crippen LogP contribution is -2.05. The Morgan fingerprint density at radius 2 is 1.73 bits per heavy atom. The predicted octanol–water partition coefficient (Wildman–Crippen LogP) is 6.70. The summed E-state index contributed by atoms with van der Waals surface area (Å²) in [5.74, 6) is 1.04. The zero-order valence-corrected chi connectivity index (χ0v) is 19.2. The zero-order chi connectivity index (χ0) is 23.5. The Hall–Kier alpha value is -3.90. The fraction of sp³-hybridized carbons (Fsp3) is 0.111. The monoisotopic (exact) mass is 458 g/mol. The quantitative estimate of drug-likeness (QED) is 0.190. The van der Waals surface area contributed by atoms with E-state index in [1.165, 1.54) is 17.6 Å². The Bertz CT molecular complexity index is 1380. The highest BCUT2D eigenvalue weighted by Crippen LogP contribution is 2.43. The van der Waals surface area contributed by atoms with Gasteiger partial charge in [0.15, 0.2) is 5.75 Å². The molecule has 0 atom stereocenters. The van der Waals surface area contributed by atoms with Gasteiger partial charge in [0.1, 0.15) is 16.4 Å². The molecular weight excluding hydrogens is 436 g/mol. The number of ether oxygens (including phenoxy) is 2. The minimum atomic E-state index is -0.114. The van der Waals surface area contributed by atoms with Gasteiger partial charge >= 0.3 is 0 Å². The Kier molecular flexibility index (Phi) is 6.29. The summed E-state index contributed by atoms with van der Waals surface area (Å²) in [6.45, 7) is 6.34. The average Bonchev–Trinajstić information content (AvgIpc) is 3.15. The average molecular weight is 459 g/mol. The van der Waals surface area contributed by atoms with E-state index in [1.807, 2.05) is 45.0 Å². The van der Waals surface area contributed by atoms with Crippen LogP contribution in [-0.2, 0) is 9.53 Å². The molecule has 0 fully saturated rings. The van der Waals surface area contributed by atoms with E-state index in [0.29, 0.717) is 28.4 Å². The molecule has 0 amide bonds. The van der Waals surface area contributed by atoms with Crippen LogP contribution in [0.5, 0.6) is 17.2 Å². The smallest absolute Gasteiger partial charge is 0.297 e. The topological polar surface area (TPSA) is 72.8 Å². The summed E-state index contributed by atoms with van der Waals surface area (Å²) in [6.07, 6.45) is 2.95. The van der Waals surface area contributed by atoms with E-state index in [-0.39, 0.29) is 11.5 Å². The Labute approximate surface area is 195 Å². The van der Waals surface area contributed by atoms with Crippen LogP contribution in [0, 0.1) is 20.8 Å². The molecule has 0 aliphatic carbocycles. The molecule has 3 aromatic carbocycles. The van der Waals surface area contributed by atoms with E-state index in [0.717, 1.165) is 32.3 Å². The molecule has 166 valence electrons. The van der Waals surface area contributed by atoms with Gasteiger partial charge in [-0.25, -0.2) is 0 Å². The largest absolute Gasteiger partial charge is 0.508 e. The molecule has 0 aliphatic rings. The second-order valence-electron chi connectivity index (χ2n) is 7.66. The Morgan fingerprint density at radius 3 is 2.45 bits per heavy atom. The van der Waals surface area contributed by atoms with Crippen LogP contribution in [0.4, 0.5) is 0 Å². The summed E-state index contributed by atoms with van der Waals surface area (Å²) in [6, 6.07) is 16.0. The first-order chi connectivity index (χ1) is 15.9. The van der Waals surface area contributed by atoms with Crippen molar-refractivity contribution in [2.24, 2.45) is 0 Å². The van der Waals surface area contributed by atoms with Crippen LogP contribution in [0.25, 0.3) is 16.2 Å². The molecule has 0 radical (unpaired) electrons. The van der Waals surface area contributed by atoms with Crippen molar-refractivity contribution in [3.63, 3.8) is 0 Å². The minimum Gasteiger partial charge on any atom is -0.508 e.